The number of sulfone groups is 3. The third-order valence-electron chi connectivity index (χ3n) is 18.6. The standard InChI is InChI=1S/C19H29N3O3.C18H26N2O5S.C17H24N2O5S.C16H21F3N2O4S/c1-7-18(2,3)15-12-16(25-21-15)20-17(23)19(4,5)22(6)13-14-8-10-24-11-9-14;1-6-17(2,3)14-11-15(25-20-14)19-16(21)18(4,5)26(22,23)12-13-7-9-24-10-8-13;1-6-16(2,3)13-11-14(24-19-13)18-15(20)17(4,5)25(21,22)12-7-9-23-10-8-12;1-6-14(2,3)11-10-12(25-21-11)20-13(22)15(4,5)26(23,24)9-7-8-16(17,18)19/h1,12,14H,8-11,13H2,2-6H3,(H,20,23);1,11,13H,7-10,12H2,2-5H3,(H,19,21);1,11-12H,7-10H2,2-5H3,(H,18,20);1,10H,7-9H2,2-5H3,(H,20,22). The molecule has 3 saturated heterocycles. The molecule has 3 aliphatic rings. The fraction of sp³-hybridized carbons (Fsp3) is 0.657. The molecule has 4 N–H and O–H groups in total. The first-order valence-corrected chi connectivity index (χ1v) is 37.9. The van der Waals surface area contributed by atoms with Crippen LogP contribution in [0.25, 0.3) is 0 Å². The molecule has 3 aliphatic heterocycles. The molecule has 102 heavy (non-hydrogen) atoms. The number of amides is 4. The maximum Gasteiger partial charge on any atom is 0.389 e. The first-order chi connectivity index (χ1) is 46.8. The highest BCUT2D eigenvalue weighted by atomic mass is 32.2. The fourth-order valence-electron chi connectivity index (χ4n) is 9.54. The van der Waals surface area contributed by atoms with Gasteiger partial charge in [-0.3, -0.25) is 45.3 Å². The van der Waals surface area contributed by atoms with Crippen molar-refractivity contribution in [1.82, 2.24) is 25.5 Å². The van der Waals surface area contributed by atoms with Crippen LogP contribution in [-0.4, -0.2) is 170 Å². The van der Waals surface area contributed by atoms with Gasteiger partial charge in [-0.25, -0.2) is 25.3 Å². The lowest BCUT2D eigenvalue weighted by molar-refractivity contribution is -0.134. The highest BCUT2D eigenvalue weighted by Gasteiger charge is 2.48. The molecule has 0 unspecified atom stereocenters. The quantitative estimate of drug-likeness (QED) is 0.0474. The number of carbonyl (C=O) groups is 4. The monoisotopic (exact) mass is 1490 g/mol. The number of aromatic nitrogens is 4. The number of hydrogen-bond donors (Lipinski definition) is 4. The van der Waals surface area contributed by atoms with E-state index >= 15 is 0 Å². The number of rotatable bonds is 24. The van der Waals surface area contributed by atoms with Gasteiger partial charge in [-0.1, -0.05) is 44.3 Å². The lowest BCUT2D eigenvalue weighted by Gasteiger charge is -2.37. The summed E-state index contributed by atoms with van der Waals surface area (Å²) in [5, 5.41) is 24.9. The Kier molecular flexibility index (Phi) is 29.3. The topological polar surface area (TPSA) is 354 Å². The molecule has 0 aromatic carbocycles. The predicted molar refractivity (Wildman–Crippen MR) is 380 cm³/mol. The van der Waals surface area contributed by atoms with E-state index in [0.717, 1.165) is 46.4 Å². The third kappa shape index (κ3) is 22.7. The first kappa shape index (κ1) is 86.8. The van der Waals surface area contributed by atoms with Crippen molar-refractivity contribution < 1.29 is 89.9 Å². The summed E-state index contributed by atoms with van der Waals surface area (Å²) in [5.74, 6) is 8.02. The number of hydrogen-bond acceptors (Lipinski definition) is 22. The van der Waals surface area contributed by atoms with Crippen molar-refractivity contribution in [2.75, 3.05) is 86.0 Å². The number of anilines is 4. The molecule has 3 fully saturated rings. The molecule has 32 heteroatoms. The number of nitrogens with one attached hydrogen (secondary N) is 4. The minimum atomic E-state index is -4.46. The molecule has 26 nitrogen and oxygen atoms in total. The normalized spacial score (nSPS) is 16.0. The number of terminal acetylenes is 4. The van der Waals surface area contributed by atoms with Crippen LogP contribution >= 0.6 is 0 Å². The summed E-state index contributed by atoms with van der Waals surface area (Å²) >= 11 is 0. The van der Waals surface area contributed by atoms with Crippen LogP contribution in [0.15, 0.2) is 42.4 Å². The fourth-order valence-corrected chi connectivity index (χ4v) is 14.6. The van der Waals surface area contributed by atoms with Crippen molar-refractivity contribution in [3.8, 4) is 49.4 Å². The molecule has 0 radical (unpaired) electrons. The molecular formula is C70H100F3N9O17S3. The number of ether oxygens (including phenoxy) is 3. The summed E-state index contributed by atoms with van der Waals surface area (Å²) in [4.78, 5) is 52.4. The van der Waals surface area contributed by atoms with Crippen molar-refractivity contribution in [2.24, 2.45) is 11.8 Å². The largest absolute Gasteiger partial charge is 0.389 e. The summed E-state index contributed by atoms with van der Waals surface area (Å²) in [6, 6.07) is 6.07. The van der Waals surface area contributed by atoms with Crippen LogP contribution in [0.2, 0.25) is 0 Å². The highest BCUT2D eigenvalue weighted by molar-refractivity contribution is 7.94. The van der Waals surface area contributed by atoms with E-state index in [1.807, 2.05) is 34.7 Å². The van der Waals surface area contributed by atoms with E-state index in [9.17, 15) is 57.6 Å². The second kappa shape index (κ2) is 34.4. The molecule has 0 atom stereocenters. The summed E-state index contributed by atoms with van der Waals surface area (Å²) in [7, 11) is -9.52. The zero-order chi connectivity index (χ0) is 77.5. The van der Waals surface area contributed by atoms with Gasteiger partial charge in [-0.15, -0.1) is 25.7 Å². The Balaban J connectivity index is 0.000000288. The van der Waals surface area contributed by atoms with E-state index in [4.69, 9.17) is 58.0 Å². The molecule has 4 aromatic heterocycles. The summed E-state index contributed by atoms with van der Waals surface area (Å²) in [5.41, 5.74) is -1.33. The van der Waals surface area contributed by atoms with Crippen LogP contribution in [0.4, 0.5) is 36.7 Å². The summed E-state index contributed by atoms with van der Waals surface area (Å²) in [6.07, 6.45) is 19.7. The lowest BCUT2D eigenvalue weighted by Crippen LogP contribution is -2.52. The Morgan fingerprint density at radius 3 is 1.09 bits per heavy atom. The third-order valence-corrected chi connectivity index (χ3v) is 26.7. The van der Waals surface area contributed by atoms with E-state index in [-0.39, 0.29) is 35.2 Å². The molecule has 0 spiro atoms. The minimum Gasteiger partial charge on any atom is -0.381 e. The number of nitrogens with zero attached hydrogens (tertiary/aromatic N) is 5. The van der Waals surface area contributed by atoms with Gasteiger partial charge in [0.1, 0.15) is 37.0 Å². The van der Waals surface area contributed by atoms with E-state index in [1.54, 1.807) is 47.6 Å². The Morgan fingerprint density at radius 1 is 0.471 bits per heavy atom. The highest BCUT2D eigenvalue weighted by Crippen LogP contribution is 2.34. The van der Waals surface area contributed by atoms with Gasteiger partial charge >= 0.3 is 6.18 Å². The van der Waals surface area contributed by atoms with Crippen LogP contribution in [-0.2, 0) is 84.6 Å². The molecular weight excluding hydrogens is 1390 g/mol. The van der Waals surface area contributed by atoms with E-state index < -0.39 is 119 Å². The molecule has 4 amide bonds. The second-order valence-corrected chi connectivity index (χ2v) is 37.5. The Labute approximate surface area is 598 Å². The summed E-state index contributed by atoms with van der Waals surface area (Å²) in [6.45, 7) is 30.3. The van der Waals surface area contributed by atoms with E-state index in [2.05, 4.69) is 70.5 Å². The molecule has 0 bridgehead atoms. The molecule has 566 valence electrons. The van der Waals surface area contributed by atoms with Crippen molar-refractivity contribution >= 4 is 76.7 Å². The zero-order valence-corrected chi connectivity index (χ0v) is 63.9. The first-order valence-electron chi connectivity index (χ1n) is 33.1. The molecule has 7 heterocycles. The number of halogens is 3. The van der Waals surface area contributed by atoms with Gasteiger partial charge in [-0.2, -0.15) is 13.2 Å². The van der Waals surface area contributed by atoms with Crippen LogP contribution in [0.1, 0.15) is 185 Å². The summed E-state index contributed by atoms with van der Waals surface area (Å²) < 4.78 is 143. The molecule has 0 aliphatic carbocycles. The van der Waals surface area contributed by atoms with Crippen molar-refractivity contribution in [3.63, 3.8) is 0 Å². The molecule has 0 saturated carbocycles. The Bertz CT molecular complexity index is 4060. The van der Waals surface area contributed by atoms with Crippen molar-refractivity contribution in [1.29, 1.82) is 0 Å². The van der Waals surface area contributed by atoms with Gasteiger partial charge in [-0.05, 0) is 175 Å². The minimum absolute atomic E-state index is 0.00846. The maximum atomic E-state index is 12.9. The van der Waals surface area contributed by atoms with Gasteiger partial charge in [0.05, 0.1) is 44.0 Å². The number of likely N-dealkylation sites (N-methyl/N-ethyl adjacent to an activating group) is 1. The zero-order valence-electron chi connectivity index (χ0n) is 61.4. The van der Waals surface area contributed by atoms with Crippen LogP contribution in [0, 0.1) is 61.2 Å². The van der Waals surface area contributed by atoms with Gasteiger partial charge in [0.15, 0.2) is 29.5 Å². The Hall–Kier alpha value is -7.56. The van der Waals surface area contributed by atoms with Gasteiger partial charge in [0.25, 0.3) is 0 Å². The predicted octanol–water partition coefficient (Wildman–Crippen LogP) is 9.76. The van der Waals surface area contributed by atoms with E-state index in [1.165, 1.54) is 45.9 Å². The lowest BCUT2D eigenvalue weighted by atomic mass is 9.91. The van der Waals surface area contributed by atoms with Gasteiger partial charge in [0.2, 0.25) is 47.2 Å². The van der Waals surface area contributed by atoms with Gasteiger partial charge < -0.3 is 32.3 Å². The SMILES string of the molecule is C#CC(C)(C)c1cc(NC(=O)C(C)(C)N(C)CC2CCOCC2)on1.C#CC(C)(C)c1cc(NC(=O)C(C)(C)S(=O)(=O)C2CCOCC2)on1.C#CC(C)(C)c1cc(NC(=O)C(C)(C)S(=O)(=O)CC2CCOCC2)on1.C#CC(C)(C)c1cc(NC(=O)C(C)(C)S(=O)(=O)CCCC(F)(F)F)on1. The average Bonchev–Trinajstić information content (AvgIpc) is 0.924. The molecule has 7 rings (SSSR count). The maximum absolute atomic E-state index is 12.9. The number of alkyl halides is 3. The molecule has 4 aromatic rings. The van der Waals surface area contributed by atoms with E-state index in [0.29, 0.717) is 86.7 Å². The Morgan fingerprint density at radius 2 is 0.765 bits per heavy atom. The van der Waals surface area contributed by atoms with Crippen molar-refractivity contribution in [3.05, 3.63) is 47.0 Å². The van der Waals surface area contributed by atoms with Crippen LogP contribution < -0.4 is 21.3 Å². The van der Waals surface area contributed by atoms with Crippen molar-refractivity contribution in [2.45, 2.75) is 215 Å². The second-order valence-electron chi connectivity index (χ2n) is 29.5. The van der Waals surface area contributed by atoms with Gasteiger partial charge in [0, 0.05) is 76.9 Å². The smallest absolute Gasteiger partial charge is 0.381 e. The average molecular weight is 1490 g/mol. The van der Waals surface area contributed by atoms with Crippen LogP contribution in [0.5, 0.6) is 0 Å². The number of carbonyl (C=O) groups excluding carboxylic acids is 4. The van der Waals surface area contributed by atoms with Crippen LogP contribution in [0.3, 0.4) is 0 Å².